The summed E-state index contributed by atoms with van der Waals surface area (Å²) in [7, 11) is 0. The Bertz CT molecular complexity index is 558. The average molecular weight is 293 g/mol. The fourth-order valence-electron chi connectivity index (χ4n) is 1.54. The quantitative estimate of drug-likeness (QED) is 0.833. The van der Waals surface area contributed by atoms with Crippen molar-refractivity contribution in [3.8, 4) is 0 Å². The first-order valence-corrected chi connectivity index (χ1v) is 7.63. The third-order valence-electron chi connectivity index (χ3n) is 2.56. The molecule has 0 aliphatic carbocycles. The molecule has 2 heterocycles. The van der Waals surface area contributed by atoms with Gasteiger partial charge in [0, 0.05) is 22.4 Å². The lowest BCUT2D eigenvalue weighted by Gasteiger charge is -2.08. The van der Waals surface area contributed by atoms with Crippen LogP contribution in [0.4, 0.5) is 0 Å². The van der Waals surface area contributed by atoms with Gasteiger partial charge in [-0.3, -0.25) is 4.79 Å². The number of hydrogen-bond acceptors (Lipinski definition) is 4. The van der Waals surface area contributed by atoms with Crippen LogP contribution in [-0.2, 0) is 4.79 Å². The SMILES string of the molecule is Cc1ccc(/C=C/C(=O)NCC(O)c2ccsc2)s1. The molecule has 5 heteroatoms. The van der Waals surface area contributed by atoms with Crippen LogP contribution in [0.25, 0.3) is 6.08 Å². The highest BCUT2D eigenvalue weighted by Gasteiger charge is 2.08. The Hall–Kier alpha value is -1.43. The van der Waals surface area contributed by atoms with Crippen molar-refractivity contribution in [3.05, 3.63) is 50.4 Å². The molecular weight excluding hydrogens is 278 g/mol. The van der Waals surface area contributed by atoms with Gasteiger partial charge in [-0.25, -0.2) is 0 Å². The maximum Gasteiger partial charge on any atom is 0.244 e. The molecule has 0 radical (unpaired) electrons. The minimum atomic E-state index is -0.646. The first-order chi connectivity index (χ1) is 9.15. The van der Waals surface area contributed by atoms with Gasteiger partial charge < -0.3 is 10.4 Å². The maximum absolute atomic E-state index is 11.6. The number of thiophene rings is 2. The van der Waals surface area contributed by atoms with Gasteiger partial charge in [0.15, 0.2) is 0 Å². The summed E-state index contributed by atoms with van der Waals surface area (Å²) < 4.78 is 0. The molecule has 100 valence electrons. The van der Waals surface area contributed by atoms with E-state index in [0.717, 1.165) is 10.4 Å². The van der Waals surface area contributed by atoms with Gasteiger partial charge in [-0.1, -0.05) is 0 Å². The molecule has 0 bridgehead atoms. The summed E-state index contributed by atoms with van der Waals surface area (Å²) in [5.41, 5.74) is 0.836. The Kier molecular flexibility index (Phi) is 4.90. The summed E-state index contributed by atoms with van der Waals surface area (Å²) in [6, 6.07) is 5.85. The van der Waals surface area contributed by atoms with Crippen LogP contribution in [-0.4, -0.2) is 17.6 Å². The minimum absolute atomic E-state index is 0.194. The molecule has 1 amide bonds. The van der Waals surface area contributed by atoms with Gasteiger partial charge in [-0.2, -0.15) is 11.3 Å². The van der Waals surface area contributed by atoms with Gasteiger partial charge in [0.1, 0.15) is 0 Å². The molecule has 0 spiro atoms. The number of aryl methyl sites for hydroxylation is 1. The zero-order chi connectivity index (χ0) is 13.7. The number of carbonyl (C=O) groups excluding carboxylic acids is 1. The van der Waals surface area contributed by atoms with Crippen LogP contribution < -0.4 is 5.32 Å². The molecule has 0 aliphatic heterocycles. The lowest BCUT2D eigenvalue weighted by Crippen LogP contribution is -2.26. The van der Waals surface area contributed by atoms with Gasteiger partial charge in [0.25, 0.3) is 0 Å². The summed E-state index contributed by atoms with van der Waals surface area (Å²) in [6.07, 6.45) is 2.63. The smallest absolute Gasteiger partial charge is 0.244 e. The van der Waals surface area contributed by atoms with E-state index in [1.807, 2.05) is 35.9 Å². The summed E-state index contributed by atoms with van der Waals surface area (Å²) in [5, 5.41) is 16.3. The summed E-state index contributed by atoms with van der Waals surface area (Å²) in [6.45, 7) is 2.25. The van der Waals surface area contributed by atoms with Crippen molar-refractivity contribution in [2.24, 2.45) is 0 Å². The number of aliphatic hydroxyl groups excluding tert-OH is 1. The molecule has 0 saturated heterocycles. The fourth-order valence-corrected chi connectivity index (χ4v) is 3.03. The minimum Gasteiger partial charge on any atom is -0.387 e. The van der Waals surface area contributed by atoms with Crippen molar-refractivity contribution in [1.29, 1.82) is 0 Å². The summed E-state index contributed by atoms with van der Waals surface area (Å²) in [5.74, 6) is -0.194. The second-order valence-electron chi connectivity index (χ2n) is 4.10. The van der Waals surface area contributed by atoms with Crippen molar-refractivity contribution < 1.29 is 9.90 Å². The Morgan fingerprint density at radius 3 is 2.95 bits per heavy atom. The van der Waals surface area contributed by atoms with Crippen LogP contribution >= 0.6 is 22.7 Å². The van der Waals surface area contributed by atoms with Crippen molar-refractivity contribution in [1.82, 2.24) is 5.32 Å². The number of nitrogens with one attached hydrogen (secondary N) is 1. The highest BCUT2D eigenvalue weighted by molar-refractivity contribution is 7.12. The lowest BCUT2D eigenvalue weighted by atomic mass is 10.2. The number of amides is 1. The van der Waals surface area contributed by atoms with Gasteiger partial charge in [0.05, 0.1) is 6.10 Å². The van der Waals surface area contributed by atoms with Gasteiger partial charge in [0.2, 0.25) is 5.91 Å². The molecule has 2 N–H and O–H groups in total. The van der Waals surface area contributed by atoms with Gasteiger partial charge >= 0.3 is 0 Å². The number of rotatable bonds is 5. The molecule has 0 fully saturated rings. The predicted molar refractivity (Wildman–Crippen MR) is 80.4 cm³/mol. The molecule has 2 aromatic heterocycles. The Balaban J connectivity index is 1.80. The third kappa shape index (κ3) is 4.31. The number of aliphatic hydroxyl groups is 1. The van der Waals surface area contributed by atoms with E-state index in [9.17, 15) is 9.90 Å². The molecular formula is C14H15NO2S2. The second-order valence-corrected chi connectivity index (χ2v) is 6.20. The van der Waals surface area contributed by atoms with Crippen LogP contribution in [0.15, 0.2) is 35.0 Å². The van der Waals surface area contributed by atoms with Crippen molar-refractivity contribution in [2.45, 2.75) is 13.0 Å². The molecule has 0 aromatic carbocycles. The first-order valence-electron chi connectivity index (χ1n) is 5.87. The van der Waals surface area contributed by atoms with Crippen LogP contribution in [0, 0.1) is 6.92 Å². The number of carbonyl (C=O) groups is 1. The maximum atomic E-state index is 11.6. The monoisotopic (exact) mass is 293 g/mol. The van der Waals surface area contributed by atoms with Crippen molar-refractivity contribution in [3.63, 3.8) is 0 Å². The van der Waals surface area contributed by atoms with E-state index in [2.05, 4.69) is 5.32 Å². The molecule has 1 atom stereocenters. The van der Waals surface area contributed by atoms with Crippen molar-refractivity contribution >= 4 is 34.7 Å². The molecule has 1 unspecified atom stereocenters. The van der Waals surface area contributed by atoms with E-state index < -0.39 is 6.10 Å². The van der Waals surface area contributed by atoms with E-state index in [-0.39, 0.29) is 12.5 Å². The molecule has 2 rings (SSSR count). The molecule has 3 nitrogen and oxygen atoms in total. The van der Waals surface area contributed by atoms with Crippen LogP contribution in [0.1, 0.15) is 21.4 Å². The Morgan fingerprint density at radius 1 is 1.47 bits per heavy atom. The molecule has 2 aromatic rings. The van der Waals surface area contributed by atoms with E-state index in [4.69, 9.17) is 0 Å². The first kappa shape index (κ1) is 14.0. The molecule has 19 heavy (non-hydrogen) atoms. The van der Waals surface area contributed by atoms with E-state index in [1.54, 1.807) is 17.4 Å². The lowest BCUT2D eigenvalue weighted by molar-refractivity contribution is -0.116. The topological polar surface area (TPSA) is 49.3 Å². The fraction of sp³-hybridized carbons (Fsp3) is 0.214. The zero-order valence-electron chi connectivity index (χ0n) is 10.5. The van der Waals surface area contributed by atoms with Crippen LogP contribution in [0.5, 0.6) is 0 Å². The highest BCUT2D eigenvalue weighted by Crippen LogP contribution is 2.16. The predicted octanol–water partition coefficient (Wildman–Crippen LogP) is 2.98. The zero-order valence-corrected chi connectivity index (χ0v) is 12.1. The van der Waals surface area contributed by atoms with Crippen molar-refractivity contribution in [2.75, 3.05) is 6.54 Å². The third-order valence-corrected chi connectivity index (χ3v) is 4.23. The average Bonchev–Trinajstić information content (AvgIpc) is 3.04. The van der Waals surface area contributed by atoms with Gasteiger partial charge in [-0.05, 0) is 47.5 Å². The summed E-state index contributed by atoms with van der Waals surface area (Å²) >= 11 is 3.16. The number of hydrogen-bond donors (Lipinski definition) is 2. The van der Waals surface area contributed by atoms with Crippen LogP contribution in [0.3, 0.4) is 0 Å². The van der Waals surface area contributed by atoms with E-state index in [0.29, 0.717) is 0 Å². The standard InChI is InChI=1S/C14H15NO2S2/c1-10-2-3-12(19-10)4-5-14(17)15-8-13(16)11-6-7-18-9-11/h2-7,9,13,16H,8H2,1H3,(H,15,17)/b5-4+. The Morgan fingerprint density at radius 2 is 2.32 bits per heavy atom. The van der Waals surface area contributed by atoms with Gasteiger partial charge in [-0.15, -0.1) is 11.3 Å². The molecule has 0 saturated carbocycles. The normalized spacial score (nSPS) is 12.7. The summed E-state index contributed by atoms with van der Waals surface area (Å²) in [4.78, 5) is 13.9. The van der Waals surface area contributed by atoms with E-state index in [1.165, 1.54) is 22.3 Å². The molecule has 0 aliphatic rings. The Labute approximate surface area is 120 Å². The van der Waals surface area contributed by atoms with E-state index >= 15 is 0 Å². The largest absolute Gasteiger partial charge is 0.387 e. The second kappa shape index (κ2) is 6.65. The van der Waals surface area contributed by atoms with Crippen LogP contribution in [0.2, 0.25) is 0 Å². The highest BCUT2D eigenvalue weighted by atomic mass is 32.1.